The third kappa shape index (κ3) is 3.77. The Bertz CT molecular complexity index is 547. The van der Waals surface area contributed by atoms with Gasteiger partial charge >= 0.3 is 5.97 Å². The molecule has 108 valence electrons. The molecule has 0 fully saturated rings. The minimum atomic E-state index is -0.178. The standard InChI is InChI=1S/C15H20N2O2S/c1-4-19-15(18)10-17(11(2)3)9-14-16-12-7-5-6-8-13(12)20-14/h5-8,11H,4,9-10H2,1-3H3. The summed E-state index contributed by atoms with van der Waals surface area (Å²) in [6.45, 7) is 7.38. The Morgan fingerprint density at radius 1 is 1.40 bits per heavy atom. The molecule has 1 aromatic heterocycles. The zero-order valence-corrected chi connectivity index (χ0v) is 12.9. The number of ether oxygens (including phenoxy) is 1. The van der Waals surface area contributed by atoms with Crippen LogP contribution in [0.15, 0.2) is 24.3 Å². The van der Waals surface area contributed by atoms with Gasteiger partial charge in [-0.05, 0) is 32.9 Å². The average molecular weight is 292 g/mol. The molecule has 0 amide bonds. The van der Waals surface area contributed by atoms with Gasteiger partial charge in [-0.15, -0.1) is 11.3 Å². The molecule has 0 unspecified atom stereocenters. The van der Waals surface area contributed by atoms with E-state index in [-0.39, 0.29) is 12.0 Å². The van der Waals surface area contributed by atoms with Crippen LogP contribution in [-0.2, 0) is 16.1 Å². The molecule has 5 heteroatoms. The molecule has 0 aliphatic heterocycles. The summed E-state index contributed by atoms with van der Waals surface area (Å²) in [7, 11) is 0. The monoisotopic (exact) mass is 292 g/mol. The van der Waals surface area contributed by atoms with E-state index in [1.54, 1.807) is 11.3 Å². The second-order valence-corrected chi connectivity index (χ2v) is 5.99. The fourth-order valence-corrected chi connectivity index (χ4v) is 2.95. The molecule has 0 N–H and O–H groups in total. The molecule has 2 aromatic rings. The first-order valence-corrected chi connectivity index (χ1v) is 7.66. The van der Waals surface area contributed by atoms with Crippen molar-refractivity contribution in [2.24, 2.45) is 0 Å². The maximum absolute atomic E-state index is 11.6. The molecule has 0 radical (unpaired) electrons. The van der Waals surface area contributed by atoms with Crippen LogP contribution in [0.2, 0.25) is 0 Å². The van der Waals surface area contributed by atoms with E-state index in [1.165, 1.54) is 4.70 Å². The molecule has 0 saturated carbocycles. The number of para-hydroxylation sites is 1. The number of aromatic nitrogens is 1. The highest BCUT2D eigenvalue weighted by atomic mass is 32.1. The summed E-state index contributed by atoms with van der Waals surface area (Å²) in [6, 6.07) is 8.36. The summed E-state index contributed by atoms with van der Waals surface area (Å²) in [5, 5.41) is 1.03. The van der Waals surface area contributed by atoms with Gasteiger partial charge in [-0.2, -0.15) is 0 Å². The summed E-state index contributed by atoms with van der Waals surface area (Å²) in [5.41, 5.74) is 1.02. The summed E-state index contributed by atoms with van der Waals surface area (Å²) in [6.07, 6.45) is 0. The van der Waals surface area contributed by atoms with Gasteiger partial charge in [0.05, 0.1) is 29.9 Å². The summed E-state index contributed by atoms with van der Waals surface area (Å²) >= 11 is 1.68. The van der Waals surface area contributed by atoms with Crippen LogP contribution < -0.4 is 0 Å². The van der Waals surface area contributed by atoms with Crippen LogP contribution in [0.5, 0.6) is 0 Å². The highest BCUT2D eigenvalue weighted by Crippen LogP contribution is 2.23. The molecule has 1 heterocycles. The lowest BCUT2D eigenvalue weighted by Crippen LogP contribution is -2.35. The first-order chi connectivity index (χ1) is 9.60. The zero-order valence-electron chi connectivity index (χ0n) is 12.1. The van der Waals surface area contributed by atoms with Gasteiger partial charge in [-0.1, -0.05) is 12.1 Å². The molecule has 1 aromatic carbocycles. The number of carbonyl (C=O) groups excluding carboxylic acids is 1. The smallest absolute Gasteiger partial charge is 0.320 e. The van der Waals surface area contributed by atoms with E-state index >= 15 is 0 Å². The van der Waals surface area contributed by atoms with Crippen molar-refractivity contribution in [3.8, 4) is 0 Å². The van der Waals surface area contributed by atoms with Gasteiger partial charge in [0, 0.05) is 6.04 Å². The second-order valence-electron chi connectivity index (χ2n) is 4.88. The molecular formula is C15H20N2O2S. The lowest BCUT2D eigenvalue weighted by atomic mass is 10.3. The van der Waals surface area contributed by atoms with Gasteiger partial charge in [0.25, 0.3) is 0 Å². The molecule has 0 spiro atoms. The number of hydrogen-bond acceptors (Lipinski definition) is 5. The fraction of sp³-hybridized carbons (Fsp3) is 0.467. The first-order valence-electron chi connectivity index (χ1n) is 6.84. The number of esters is 1. The van der Waals surface area contributed by atoms with E-state index in [2.05, 4.69) is 29.8 Å². The van der Waals surface area contributed by atoms with E-state index in [1.807, 2.05) is 25.1 Å². The van der Waals surface area contributed by atoms with Crippen molar-refractivity contribution >= 4 is 27.5 Å². The summed E-state index contributed by atoms with van der Waals surface area (Å²) in [4.78, 5) is 18.3. The molecule has 4 nitrogen and oxygen atoms in total. The Hall–Kier alpha value is -1.46. The van der Waals surface area contributed by atoms with E-state index in [9.17, 15) is 4.79 Å². The number of benzene rings is 1. The number of fused-ring (bicyclic) bond motifs is 1. The van der Waals surface area contributed by atoms with Crippen LogP contribution in [-0.4, -0.2) is 35.0 Å². The number of hydrogen-bond donors (Lipinski definition) is 0. The predicted molar refractivity (Wildman–Crippen MR) is 81.8 cm³/mol. The van der Waals surface area contributed by atoms with E-state index < -0.39 is 0 Å². The Kier molecular flexibility index (Phi) is 5.09. The number of carbonyl (C=O) groups is 1. The van der Waals surface area contributed by atoms with Gasteiger partial charge in [-0.3, -0.25) is 9.69 Å². The number of rotatable bonds is 6. The molecule has 0 aliphatic rings. The van der Waals surface area contributed by atoms with Gasteiger partial charge in [0.1, 0.15) is 5.01 Å². The van der Waals surface area contributed by atoms with Crippen LogP contribution in [0.1, 0.15) is 25.8 Å². The van der Waals surface area contributed by atoms with Gasteiger partial charge in [0.15, 0.2) is 0 Å². The Balaban J connectivity index is 2.09. The largest absolute Gasteiger partial charge is 0.465 e. The number of thiazole rings is 1. The summed E-state index contributed by atoms with van der Waals surface area (Å²) < 4.78 is 6.20. The third-order valence-electron chi connectivity index (χ3n) is 3.04. The minimum absolute atomic E-state index is 0.178. The maximum Gasteiger partial charge on any atom is 0.320 e. The van der Waals surface area contributed by atoms with Gasteiger partial charge in [0.2, 0.25) is 0 Å². The quantitative estimate of drug-likeness (QED) is 0.767. The molecule has 20 heavy (non-hydrogen) atoms. The van der Waals surface area contributed by atoms with Crippen LogP contribution in [0, 0.1) is 0 Å². The molecule has 2 rings (SSSR count). The van der Waals surface area contributed by atoms with Crippen LogP contribution in [0.25, 0.3) is 10.2 Å². The van der Waals surface area contributed by atoms with E-state index in [0.29, 0.717) is 19.7 Å². The van der Waals surface area contributed by atoms with Crippen LogP contribution >= 0.6 is 11.3 Å². The second kappa shape index (κ2) is 6.81. The van der Waals surface area contributed by atoms with Crippen LogP contribution in [0.3, 0.4) is 0 Å². The average Bonchev–Trinajstić information content (AvgIpc) is 2.80. The van der Waals surface area contributed by atoms with E-state index in [0.717, 1.165) is 10.5 Å². The van der Waals surface area contributed by atoms with Gasteiger partial charge in [-0.25, -0.2) is 4.98 Å². The normalized spacial score (nSPS) is 11.4. The lowest BCUT2D eigenvalue weighted by molar-refractivity contribution is -0.145. The SMILES string of the molecule is CCOC(=O)CN(Cc1nc2ccccc2s1)C(C)C. The van der Waals surface area contributed by atoms with Crippen molar-refractivity contribution in [3.63, 3.8) is 0 Å². The van der Waals surface area contributed by atoms with Crippen molar-refractivity contribution in [2.75, 3.05) is 13.2 Å². The fourth-order valence-electron chi connectivity index (χ4n) is 1.95. The molecule has 0 aliphatic carbocycles. The molecule has 0 saturated heterocycles. The Morgan fingerprint density at radius 2 is 2.15 bits per heavy atom. The van der Waals surface area contributed by atoms with Crippen molar-refractivity contribution in [1.82, 2.24) is 9.88 Å². The first kappa shape index (κ1) is 14.9. The van der Waals surface area contributed by atoms with Crippen molar-refractivity contribution in [1.29, 1.82) is 0 Å². The van der Waals surface area contributed by atoms with Gasteiger partial charge < -0.3 is 4.74 Å². The lowest BCUT2D eigenvalue weighted by Gasteiger charge is -2.24. The number of nitrogens with zero attached hydrogens (tertiary/aromatic N) is 2. The highest BCUT2D eigenvalue weighted by Gasteiger charge is 2.17. The topological polar surface area (TPSA) is 42.4 Å². The molecule has 0 atom stereocenters. The predicted octanol–water partition coefficient (Wildman–Crippen LogP) is 3.07. The Morgan fingerprint density at radius 3 is 2.80 bits per heavy atom. The summed E-state index contributed by atoms with van der Waals surface area (Å²) in [5.74, 6) is -0.178. The zero-order chi connectivity index (χ0) is 14.5. The Labute approximate surface area is 123 Å². The van der Waals surface area contributed by atoms with Crippen molar-refractivity contribution in [3.05, 3.63) is 29.3 Å². The third-order valence-corrected chi connectivity index (χ3v) is 4.07. The van der Waals surface area contributed by atoms with Crippen molar-refractivity contribution in [2.45, 2.75) is 33.4 Å². The van der Waals surface area contributed by atoms with Crippen LogP contribution in [0.4, 0.5) is 0 Å². The van der Waals surface area contributed by atoms with E-state index in [4.69, 9.17) is 4.74 Å². The minimum Gasteiger partial charge on any atom is -0.465 e. The van der Waals surface area contributed by atoms with Crippen molar-refractivity contribution < 1.29 is 9.53 Å². The molecule has 0 bridgehead atoms. The maximum atomic E-state index is 11.6. The molecular weight excluding hydrogens is 272 g/mol. The highest BCUT2D eigenvalue weighted by molar-refractivity contribution is 7.18.